The number of fused-ring (bicyclic) bond motifs is 1. The number of allylic oxidation sites excluding steroid dienone is 4. The normalized spacial score (nSPS) is 29.9. The van der Waals surface area contributed by atoms with Crippen molar-refractivity contribution in [3.63, 3.8) is 0 Å². The number of methoxy groups -OCH3 is 1. The van der Waals surface area contributed by atoms with Gasteiger partial charge in [-0.25, -0.2) is 0 Å². The largest absolute Gasteiger partial charge is 1.00 e. The number of ether oxygens (including phenoxy) is 2. The Morgan fingerprint density at radius 1 is 1.32 bits per heavy atom. The van der Waals surface area contributed by atoms with Crippen LogP contribution >= 0.6 is 0 Å². The van der Waals surface area contributed by atoms with Gasteiger partial charge < -0.3 is 14.6 Å². The van der Waals surface area contributed by atoms with Crippen LogP contribution in [0, 0.1) is 16.7 Å². The van der Waals surface area contributed by atoms with Crippen LogP contribution in [0.5, 0.6) is 0 Å². The van der Waals surface area contributed by atoms with Crippen LogP contribution < -0.4 is 56.5 Å². The van der Waals surface area contributed by atoms with Gasteiger partial charge in [-0.05, 0) is 56.3 Å². The van der Waals surface area contributed by atoms with E-state index < -0.39 is 0 Å². The second-order valence-electron chi connectivity index (χ2n) is 7.34. The number of rotatable bonds is 6. The van der Waals surface area contributed by atoms with Crippen molar-refractivity contribution in [2.75, 3.05) is 20.5 Å². The second kappa shape index (κ2) is 8.28. The van der Waals surface area contributed by atoms with Crippen LogP contribution in [0.25, 0.3) is 0 Å². The van der Waals surface area contributed by atoms with Crippen LogP contribution in [0.15, 0.2) is 23.0 Å². The Morgan fingerprint density at radius 3 is 2.64 bits per heavy atom. The molecule has 3 nitrogen and oxygen atoms in total. The summed E-state index contributed by atoms with van der Waals surface area (Å²) in [5.41, 5.74) is 2.77. The molecule has 0 fully saturated rings. The van der Waals surface area contributed by atoms with Gasteiger partial charge in [0, 0.05) is 13.7 Å². The van der Waals surface area contributed by atoms with E-state index in [1.807, 2.05) is 6.92 Å². The summed E-state index contributed by atoms with van der Waals surface area (Å²) in [7, 11) is 1.64. The molecule has 2 atom stereocenters. The first-order valence-corrected chi connectivity index (χ1v) is 7.96. The van der Waals surface area contributed by atoms with Gasteiger partial charge in [-0.1, -0.05) is 31.1 Å². The van der Waals surface area contributed by atoms with Crippen LogP contribution in [0.4, 0.5) is 0 Å². The van der Waals surface area contributed by atoms with Gasteiger partial charge in [0.15, 0.2) is 0 Å². The Hall–Kier alpha value is 0.836. The van der Waals surface area contributed by atoms with E-state index in [0.29, 0.717) is 24.9 Å². The number of hydrogen-bond donors (Lipinski definition) is 0. The molecule has 0 unspecified atom stereocenters. The van der Waals surface area contributed by atoms with Crippen LogP contribution in [0.2, 0.25) is 0 Å². The molecule has 22 heavy (non-hydrogen) atoms. The summed E-state index contributed by atoms with van der Waals surface area (Å²) in [6.07, 6.45) is 6.19. The Morgan fingerprint density at radius 2 is 2.00 bits per heavy atom. The standard InChI is InChI=1S/C18H30O3.K/c1-13-10-18(7-6-8-21-12-20-5)11-14(2)17(3,4)16(18)9-15(13)19;/h11,16,19H,6-10,12H2,1-5H3;/q;+1/p-1/t16-,18+;/m0./s1. The molecule has 0 aromatic rings. The van der Waals surface area contributed by atoms with Gasteiger partial charge in [0.05, 0.1) is 0 Å². The van der Waals surface area contributed by atoms with Crippen molar-refractivity contribution in [1.82, 2.24) is 0 Å². The van der Waals surface area contributed by atoms with Crippen molar-refractivity contribution in [2.24, 2.45) is 16.7 Å². The summed E-state index contributed by atoms with van der Waals surface area (Å²) < 4.78 is 10.3. The average molecular weight is 333 g/mol. The summed E-state index contributed by atoms with van der Waals surface area (Å²) in [4.78, 5) is 0. The third-order valence-corrected chi connectivity index (χ3v) is 5.68. The summed E-state index contributed by atoms with van der Waals surface area (Å²) in [5, 5.41) is 12.2. The van der Waals surface area contributed by atoms with E-state index in [4.69, 9.17) is 9.47 Å². The van der Waals surface area contributed by atoms with E-state index in [1.54, 1.807) is 7.11 Å². The molecule has 0 saturated heterocycles. The Kier molecular flexibility index (Phi) is 7.86. The van der Waals surface area contributed by atoms with E-state index in [2.05, 4.69) is 26.8 Å². The molecule has 0 N–H and O–H groups in total. The van der Waals surface area contributed by atoms with Crippen molar-refractivity contribution >= 4 is 0 Å². The molecule has 0 aromatic heterocycles. The maximum atomic E-state index is 12.2. The zero-order valence-corrected chi connectivity index (χ0v) is 18.2. The Balaban J connectivity index is 0.00000242. The van der Waals surface area contributed by atoms with Crippen molar-refractivity contribution < 1.29 is 66.0 Å². The van der Waals surface area contributed by atoms with Gasteiger partial charge in [0.2, 0.25) is 0 Å². The minimum atomic E-state index is 0. The molecule has 0 heterocycles. The summed E-state index contributed by atoms with van der Waals surface area (Å²) in [6.45, 7) is 9.90. The Labute approximate surface area is 177 Å². The first kappa shape index (κ1) is 20.9. The molecule has 120 valence electrons. The molecule has 0 aliphatic heterocycles. The fourth-order valence-corrected chi connectivity index (χ4v) is 4.28. The molecule has 2 aliphatic rings. The minimum absolute atomic E-state index is 0. The maximum Gasteiger partial charge on any atom is 1.00 e. The summed E-state index contributed by atoms with van der Waals surface area (Å²) in [6, 6.07) is 0. The zero-order valence-electron chi connectivity index (χ0n) is 15.1. The van der Waals surface area contributed by atoms with Crippen LogP contribution in [0.1, 0.15) is 53.4 Å². The Bertz CT molecular complexity index is 453. The van der Waals surface area contributed by atoms with Gasteiger partial charge in [0.1, 0.15) is 6.79 Å². The first-order chi connectivity index (χ1) is 9.83. The van der Waals surface area contributed by atoms with Gasteiger partial charge in [-0.3, -0.25) is 0 Å². The molecular weight excluding hydrogens is 303 g/mol. The third-order valence-electron chi connectivity index (χ3n) is 5.68. The zero-order chi connectivity index (χ0) is 15.7. The quantitative estimate of drug-likeness (QED) is 0.306. The summed E-state index contributed by atoms with van der Waals surface area (Å²) in [5.74, 6) is 0.797. The van der Waals surface area contributed by atoms with E-state index in [-0.39, 0.29) is 62.2 Å². The molecular formula is C18H29KO3. The topological polar surface area (TPSA) is 41.5 Å². The average Bonchev–Trinajstić information content (AvgIpc) is 2.59. The molecule has 0 spiro atoms. The van der Waals surface area contributed by atoms with E-state index in [1.165, 1.54) is 5.57 Å². The maximum absolute atomic E-state index is 12.2. The van der Waals surface area contributed by atoms with Gasteiger partial charge in [-0.15, -0.1) is 5.76 Å². The monoisotopic (exact) mass is 332 g/mol. The molecule has 2 rings (SSSR count). The van der Waals surface area contributed by atoms with Gasteiger partial charge >= 0.3 is 51.4 Å². The SMILES string of the molecule is COCOCCC[C@@]12C=C(C)C(C)(C)[C@@H]1CC([O-])=C(C)C2.[K+]. The van der Waals surface area contributed by atoms with Crippen LogP contribution in [-0.2, 0) is 9.47 Å². The fourth-order valence-electron chi connectivity index (χ4n) is 4.28. The van der Waals surface area contributed by atoms with Crippen molar-refractivity contribution in [1.29, 1.82) is 0 Å². The van der Waals surface area contributed by atoms with Crippen molar-refractivity contribution in [3.8, 4) is 0 Å². The molecule has 0 saturated carbocycles. The van der Waals surface area contributed by atoms with Crippen molar-refractivity contribution in [3.05, 3.63) is 23.0 Å². The van der Waals surface area contributed by atoms with Gasteiger partial charge in [0.25, 0.3) is 0 Å². The smallest absolute Gasteiger partial charge is 0.875 e. The van der Waals surface area contributed by atoms with E-state index >= 15 is 0 Å². The van der Waals surface area contributed by atoms with Gasteiger partial charge in [-0.2, -0.15) is 0 Å². The van der Waals surface area contributed by atoms with E-state index in [9.17, 15) is 5.11 Å². The fraction of sp³-hybridized carbons (Fsp3) is 0.778. The summed E-state index contributed by atoms with van der Waals surface area (Å²) >= 11 is 0. The molecule has 0 amide bonds. The van der Waals surface area contributed by atoms with Crippen molar-refractivity contribution in [2.45, 2.75) is 53.4 Å². The first-order valence-electron chi connectivity index (χ1n) is 7.96. The molecule has 2 aliphatic carbocycles. The minimum Gasteiger partial charge on any atom is -0.875 e. The third kappa shape index (κ3) is 4.08. The molecule has 0 bridgehead atoms. The molecule has 0 radical (unpaired) electrons. The predicted octanol–water partition coefficient (Wildman–Crippen LogP) is 0.408. The van der Waals surface area contributed by atoms with E-state index in [0.717, 1.165) is 31.4 Å². The second-order valence-corrected chi connectivity index (χ2v) is 7.34. The van der Waals surface area contributed by atoms with Crippen LogP contribution in [0.3, 0.4) is 0 Å². The molecule has 0 aromatic carbocycles. The number of hydrogen-bond acceptors (Lipinski definition) is 3. The van der Waals surface area contributed by atoms with Crippen LogP contribution in [-0.4, -0.2) is 20.5 Å². The predicted molar refractivity (Wildman–Crippen MR) is 82.5 cm³/mol. The molecule has 4 heteroatoms.